The van der Waals surface area contributed by atoms with Gasteiger partial charge in [0.25, 0.3) is 0 Å². The van der Waals surface area contributed by atoms with Crippen molar-refractivity contribution < 1.29 is 8.78 Å². The monoisotopic (exact) mass is 373 g/mol. The van der Waals surface area contributed by atoms with Gasteiger partial charge in [-0.1, -0.05) is 18.2 Å². The lowest BCUT2D eigenvalue weighted by Gasteiger charge is -2.15. The lowest BCUT2D eigenvalue weighted by atomic mass is 9.97. The van der Waals surface area contributed by atoms with Crippen molar-refractivity contribution in [3.05, 3.63) is 68.3 Å². The largest absolute Gasteiger partial charge is 0.323 e. The molecule has 0 spiro atoms. The molecule has 100 valence electrons. The van der Waals surface area contributed by atoms with Crippen LogP contribution >= 0.6 is 22.6 Å². The number of rotatable bonds is 3. The first kappa shape index (κ1) is 14.4. The van der Waals surface area contributed by atoms with Gasteiger partial charge in [-0.25, -0.2) is 8.78 Å². The number of halogens is 3. The minimum atomic E-state index is -0.681. The van der Waals surface area contributed by atoms with Crippen LogP contribution in [0.3, 0.4) is 0 Å². The van der Waals surface area contributed by atoms with E-state index in [0.717, 1.165) is 9.13 Å². The summed E-state index contributed by atoms with van der Waals surface area (Å²) >= 11 is 2.21. The van der Waals surface area contributed by atoms with Crippen LogP contribution in [0.2, 0.25) is 0 Å². The molecule has 2 aromatic rings. The maximum Gasteiger partial charge on any atom is 0.133 e. The predicted octanol–water partition coefficient (Wildman–Crippen LogP) is 4.12. The van der Waals surface area contributed by atoms with E-state index in [1.807, 2.05) is 24.3 Å². The van der Waals surface area contributed by atoms with Gasteiger partial charge in [-0.2, -0.15) is 0 Å². The Morgan fingerprint density at radius 3 is 2.37 bits per heavy atom. The molecule has 0 fully saturated rings. The van der Waals surface area contributed by atoms with E-state index in [1.54, 1.807) is 6.92 Å². The van der Waals surface area contributed by atoms with Crippen LogP contribution in [-0.2, 0) is 6.42 Å². The summed E-state index contributed by atoms with van der Waals surface area (Å²) in [5.74, 6) is -1.13. The van der Waals surface area contributed by atoms with Gasteiger partial charge >= 0.3 is 0 Å². The molecule has 1 unspecified atom stereocenters. The van der Waals surface area contributed by atoms with Crippen molar-refractivity contribution in [1.82, 2.24) is 0 Å². The first-order valence-electron chi connectivity index (χ1n) is 5.93. The van der Waals surface area contributed by atoms with Crippen LogP contribution in [-0.4, -0.2) is 0 Å². The van der Waals surface area contributed by atoms with E-state index < -0.39 is 17.7 Å². The summed E-state index contributed by atoms with van der Waals surface area (Å²) in [6.45, 7) is 1.61. The van der Waals surface area contributed by atoms with Gasteiger partial charge < -0.3 is 5.73 Å². The first-order chi connectivity index (χ1) is 8.99. The fraction of sp³-hybridized carbons (Fsp3) is 0.200. The highest BCUT2D eigenvalue weighted by molar-refractivity contribution is 14.1. The molecular formula is C15H14F2IN. The predicted molar refractivity (Wildman–Crippen MR) is 80.9 cm³/mol. The zero-order valence-corrected chi connectivity index (χ0v) is 12.6. The summed E-state index contributed by atoms with van der Waals surface area (Å²) in [5.41, 5.74) is 7.30. The Bertz CT molecular complexity index is 581. The second-order valence-corrected chi connectivity index (χ2v) is 5.77. The molecule has 1 nitrogen and oxygen atoms in total. The van der Waals surface area contributed by atoms with Crippen molar-refractivity contribution in [3.8, 4) is 0 Å². The third-order valence-corrected chi connectivity index (χ3v) is 3.78. The molecule has 0 bridgehead atoms. The van der Waals surface area contributed by atoms with E-state index in [2.05, 4.69) is 22.6 Å². The quantitative estimate of drug-likeness (QED) is 0.805. The molecule has 0 saturated carbocycles. The summed E-state index contributed by atoms with van der Waals surface area (Å²) in [6, 6.07) is 9.75. The lowest BCUT2D eigenvalue weighted by molar-refractivity contribution is 0.520. The number of hydrogen-bond donors (Lipinski definition) is 1. The van der Waals surface area contributed by atoms with Gasteiger partial charge in [0.2, 0.25) is 0 Å². The van der Waals surface area contributed by atoms with Crippen molar-refractivity contribution in [2.24, 2.45) is 5.73 Å². The fourth-order valence-corrected chi connectivity index (χ4v) is 2.35. The molecule has 0 amide bonds. The number of hydrogen-bond acceptors (Lipinski definition) is 1. The number of aryl methyl sites for hydroxylation is 1. The van der Waals surface area contributed by atoms with Crippen LogP contribution in [0, 0.1) is 22.1 Å². The molecule has 2 aromatic carbocycles. The van der Waals surface area contributed by atoms with Gasteiger partial charge in [0.15, 0.2) is 0 Å². The van der Waals surface area contributed by atoms with Gasteiger partial charge in [-0.15, -0.1) is 0 Å². The molecule has 0 radical (unpaired) electrons. The fourth-order valence-electron chi connectivity index (χ4n) is 1.99. The van der Waals surface area contributed by atoms with Crippen molar-refractivity contribution in [1.29, 1.82) is 0 Å². The minimum absolute atomic E-state index is 0.0291. The standard InChI is InChI=1S/C15H14F2IN/c1-9-2-7-12(16)14(15(9)17)13(19)8-10-3-5-11(18)6-4-10/h2-7,13H,8,19H2,1H3. The molecule has 0 heterocycles. The molecular weight excluding hydrogens is 359 g/mol. The van der Waals surface area contributed by atoms with Crippen LogP contribution in [0.5, 0.6) is 0 Å². The Labute approximate surface area is 125 Å². The van der Waals surface area contributed by atoms with Gasteiger partial charge in [-0.3, -0.25) is 0 Å². The third-order valence-electron chi connectivity index (χ3n) is 3.06. The van der Waals surface area contributed by atoms with Crippen molar-refractivity contribution in [2.45, 2.75) is 19.4 Å². The third kappa shape index (κ3) is 3.30. The van der Waals surface area contributed by atoms with Crippen LogP contribution in [0.1, 0.15) is 22.7 Å². The summed E-state index contributed by atoms with van der Waals surface area (Å²) in [4.78, 5) is 0. The SMILES string of the molecule is Cc1ccc(F)c(C(N)Cc2ccc(I)cc2)c1F. The summed E-state index contributed by atoms with van der Waals surface area (Å²) < 4.78 is 28.8. The highest BCUT2D eigenvalue weighted by Crippen LogP contribution is 2.24. The van der Waals surface area contributed by atoms with Crippen molar-refractivity contribution >= 4 is 22.6 Å². The first-order valence-corrected chi connectivity index (χ1v) is 7.01. The molecule has 0 saturated heterocycles. The molecule has 1 atom stereocenters. The second-order valence-electron chi connectivity index (χ2n) is 4.53. The lowest BCUT2D eigenvalue weighted by Crippen LogP contribution is -2.17. The van der Waals surface area contributed by atoms with E-state index in [4.69, 9.17) is 5.73 Å². The summed E-state index contributed by atoms with van der Waals surface area (Å²) in [6.07, 6.45) is 0.411. The maximum absolute atomic E-state index is 14.0. The van der Waals surface area contributed by atoms with E-state index in [9.17, 15) is 8.78 Å². The zero-order chi connectivity index (χ0) is 14.0. The van der Waals surface area contributed by atoms with E-state index in [1.165, 1.54) is 12.1 Å². The smallest absolute Gasteiger partial charge is 0.133 e. The molecule has 0 aliphatic rings. The molecule has 2 rings (SSSR count). The van der Waals surface area contributed by atoms with Crippen LogP contribution < -0.4 is 5.73 Å². The zero-order valence-electron chi connectivity index (χ0n) is 10.5. The Hall–Kier alpha value is -1.01. The summed E-state index contributed by atoms with van der Waals surface area (Å²) in [7, 11) is 0. The van der Waals surface area contributed by atoms with Gasteiger partial charge in [0.1, 0.15) is 11.6 Å². The van der Waals surface area contributed by atoms with Crippen molar-refractivity contribution in [3.63, 3.8) is 0 Å². The topological polar surface area (TPSA) is 26.0 Å². The second kappa shape index (κ2) is 5.96. The van der Waals surface area contributed by atoms with Gasteiger partial charge in [0.05, 0.1) is 0 Å². The highest BCUT2D eigenvalue weighted by Gasteiger charge is 2.18. The maximum atomic E-state index is 14.0. The Balaban J connectivity index is 2.27. The van der Waals surface area contributed by atoms with Gasteiger partial charge in [-0.05, 0) is 65.3 Å². The molecule has 19 heavy (non-hydrogen) atoms. The molecule has 0 aliphatic heterocycles. The van der Waals surface area contributed by atoms with Crippen LogP contribution in [0.25, 0.3) is 0 Å². The summed E-state index contributed by atoms with van der Waals surface area (Å²) in [5, 5.41) is 0. The highest BCUT2D eigenvalue weighted by atomic mass is 127. The average molecular weight is 373 g/mol. The molecule has 2 N–H and O–H groups in total. The molecule has 0 aromatic heterocycles. The van der Waals surface area contributed by atoms with E-state index in [-0.39, 0.29) is 5.56 Å². The van der Waals surface area contributed by atoms with E-state index >= 15 is 0 Å². The molecule has 0 aliphatic carbocycles. The van der Waals surface area contributed by atoms with Crippen LogP contribution in [0.4, 0.5) is 8.78 Å². The van der Waals surface area contributed by atoms with Crippen LogP contribution in [0.15, 0.2) is 36.4 Å². The number of benzene rings is 2. The Morgan fingerprint density at radius 2 is 1.74 bits per heavy atom. The molecule has 4 heteroatoms. The average Bonchev–Trinajstić information content (AvgIpc) is 2.37. The van der Waals surface area contributed by atoms with Gasteiger partial charge in [0, 0.05) is 15.2 Å². The van der Waals surface area contributed by atoms with Crippen molar-refractivity contribution in [2.75, 3.05) is 0 Å². The Morgan fingerprint density at radius 1 is 1.11 bits per heavy atom. The van der Waals surface area contributed by atoms with E-state index in [0.29, 0.717) is 12.0 Å². The number of nitrogens with two attached hydrogens (primary N) is 1. The Kier molecular flexibility index (Phi) is 4.52. The minimum Gasteiger partial charge on any atom is -0.323 e. The normalized spacial score (nSPS) is 12.5.